The molecule has 9 heteroatoms. The number of hydrogen-bond donors (Lipinski definition) is 4. The number of methoxy groups -OCH3 is 1. The minimum atomic E-state index is -0.275. The number of nitrogens with zero attached hydrogens (tertiary/aromatic N) is 2. The molecule has 4 aromatic rings. The first-order valence-corrected chi connectivity index (χ1v) is 12.4. The summed E-state index contributed by atoms with van der Waals surface area (Å²) in [4.78, 5) is 24.8. The van der Waals surface area contributed by atoms with Gasteiger partial charge in [-0.2, -0.15) is 9.97 Å². The van der Waals surface area contributed by atoms with Gasteiger partial charge < -0.3 is 30.2 Å². The normalized spacial score (nSPS) is 17.4. The Morgan fingerprint density at radius 2 is 1.84 bits per heavy atom. The first kappa shape index (κ1) is 24.6. The van der Waals surface area contributed by atoms with Crippen LogP contribution in [0.5, 0.6) is 11.6 Å². The van der Waals surface area contributed by atoms with E-state index in [0.717, 1.165) is 29.4 Å². The Kier molecular flexibility index (Phi) is 6.96. The SMILES string of the molecule is CNC(=O)c1ccc(Nc2nc(O[C@H]3CC[C@@H](O)CC3)c3c(-c4ccc(C)cc4)c[nH]c3n2)c(OC)c1. The number of aryl methyl sites for hydroxylation is 1. The predicted molar refractivity (Wildman–Crippen MR) is 143 cm³/mol. The maximum atomic E-state index is 12.0. The molecule has 37 heavy (non-hydrogen) atoms. The summed E-state index contributed by atoms with van der Waals surface area (Å²) in [7, 11) is 3.13. The topological polar surface area (TPSA) is 121 Å². The van der Waals surface area contributed by atoms with Crippen molar-refractivity contribution >= 4 is 28.6 Å². The van der Waals surface area contributed by atoms with Gasteiger partial charge in [0.2, 0.25) is 11.8 Å². The van der Waals surface area contributed by atoms with Crippen LogP contribution in [-0.2, 0) is 0 Å². The van der Waals surface area contributed by atoms with Gasteiger partial charge in [-0.05, 0) is 56.4 Å². The molecular formula is C28H31N5O4. The molecule has 4 N–H and O–H groups in total. The van der Waals surface area contributed by atoms with E-state index in [0.29, 0.717) is 47.3 Å². The largest absolute Gasteiger partial charge is 0.495 e. The van der Waals surface area contributed by atoms with Gasteiger partial charge in [0, 0.05) is 24.4 Å². The van der Waals surface area contributed by atoms with E-state index in [1.807, 2.05) is 6.20 Å². The highest BCUT2D eigenvalue weighted by molar-refractivity contribution is 5.98. The first-order valence-electron chi connectivity index (χ1n) is 12.4. The van der Waals surface area contributed by atoms with Crippen molar-refractivity contribution in [3.63, 3.8) is 0 Å². The summed E-state index contributed by atoms with van der Waals surface area (Å²) >= 11 is 0. The summed E-state index contributed by atoms with van der Waals surface area (Å²) in [6, 6.07) is 13.4. The van der Waals surface area contributed by atoms with E-state index in [-0.39, 0.29) is 18.1 Å². The van der Waals surface area contributed by atoms with Gasteiger partial charge in [-0.25, -0.2) is 0 Å². The van der Waals surface area contributed by atoms with Crippen molar-refractivity contribution in [3.8, 4) is 22.8 Å². The van der Waals surface area contributed by atoms with E-state index in [9.17, 15) is 9.90 Å². The standard InChI is InChI=1S/C28H31N5O4/c1-16-4-6-17(7-5-16)21-15-30-25-24(21)27(37-20-11-9-19(34)10-12-20)33-28(32-25)31-22-13-8-18(26(35)29-2)14-23(22)36-3/h4-8,13-15,19-20,34H,9-12H2,1-3H3,(H,29,35)(H2,30,31,32,33)/t19-,20+. The molecular weight excluding hydrogens is 470 g/mol. The maximum absolute atomic E-state index is 12.0. The van der Waals surface area contributed by atoms with Crippen molar-refractivity contribution in [3.05, 3.63) is 59.8 Å². The number of benzene rings is 2. The van der Waals surface area contributed by atoms with Crippen molar-refractivity contribution < 1.29 is 19.4 Å². The highest BCUT2D eigenvalue weighted by Crippen LogP contribution is 2.37. The molecule has 1 aliphatic rings. The lowest BCUT2D eigenvalue weighted by molar-refractivity contribution is 0.0652. The molecule has 1 fully saturated rings. The van der Waals surface area contributed by atoms with Gasteiger partial charge in [0.05, 0.1) is 24.3 Å². The second-order valence-corrected chi connectivity index (χ2v) is 9.31. The molecule has 1 amide bonds. The van der Waals surface area contributed by atoms with Gasteiger partial charge >= 0.3 is 0 Å². The number of aromatic nitrogens is 3. The Morgan fingerprint density at radius 1 is 1.08 bits per heavy atom. The maximum Gasteiger partial charge on any atom is 0.251 e. The molecule has 5 rings (SSSR count). The average Bonchev–Trinajstić information content (AvgIpc) is 3.34. The van der Waals surface area contributed by atoms with E-state index >= 15 is 0 Å². The summed E-state index contributed by atoms with van der Waals surface area (Å²) < 4.78 is 12.0. The van der Waals surface area contributed by atoms with Crippen LogP contribution in [0.15, 0.2) is 48.7 Å². The molecule has 0 atom stereocenters. The molecule has 192 valence electrons. The van der Waals surface area contributed by atoms with Gasteiger partial charge in [0.1, 0.15) is 17.5 Å². The monoisotopic (exact) mass is 501 g/mol. The second-order valence-electron chi connectivity index (χ2n) is 9.31. The number of fused-ring (bicyclic) bond motifs is 1. The first-order chi connectivity index (χ1) is 17.9. The third-order valence-electron chi connectivity index (χ3n) is 6.72. The Labute approximate surface area is 215 Å². The molecule has 0 unspecified atom stereocenters. The van der Waals surface area contributed by atoms with Gasteiger partial charge in [0.15, 0.2) is 0 Å². The quantitative estimate of drug-likeness (QED) is 0.289. The van der Waals surface area contributed by atoms with Crippen molar-refractivity contribution in [2.24, 2.45) is 0 Å². The van der Waals surface area contributed by atoms with Gasteiger partial charge in [-0.15, -0.1) is 0 Å². The minimum absolute atomic E-state index is 0.0449. The van der Waals surface area contributed by atoms with E-state index < -0.39 is 0 Å². The van der Waals surface area contributed by atoms with E-state index in [1.54, 1.807) is 32.4 Å². The van der Waals surface area contributed by atoms with Gasteiger partial charge in [-0.3, -0.25) is 4.79 Å². The second kappa shape index (κ2) is 10.5. The molecule has 2 heterocycles. The summed E-state index contributed by atoms with van der Waals surface area (Å²) in [5.74, 6) is 1.10. The van der Waals surface area contributed by atoms with Crippen LogP contribution in [0.4, 0.5) is 11.6 Å². The minimum Gasteiger partial charge on any atom is -0.495 e. The van der Waals surface area contributed by atoms with Crippen molar-refractivity contribution in [2.45, 2.75) is 44.8 Å². The lowest BCUT2D eigenvalue weighted by Crippen LogP contribution is -2.27. The molecule has 0 bridgehead atoms. The van der Waals surface area contributed by atoms with Crippen molar-refractivity contribution in [1.29, 1.82) is 0 Å². The molecule has 0 saturated heterocycles. The lowest BCUT2D eigenvalue weighted by atomic mass is 9.95. The molecule has 2 aromatic heterocycles. The van der Waals surface area contributed by atoms with Gasteiger partial charge in [0.25, 0.3) is 5.91 Å². The Balaban J connectivity index is 1.54. The van der Waals surface area contributed by atoms with Crippen LogP contribution in [0, 0.1) is 6.92 Å². The van der Waals surface area contributed by atoms with E-state index in [4.69, 9.17) is 19.4 Å². The fraction of sp³-hybridized carbons (Fsp3) is 0.321. The highest BCUT2D eigenvalue weighted by atomic mass is 16.5. The van der Waals surface area contributed by atoms with Crippen LogP contribution in [-0.4, -0.2) is 52.3 Å². The number of rotatable bonds is 7. The Bertz CT molecular complexity index is 1410. The van der Waals surface area contributed by atoms with E-state index in [2.05, 4.69) is 46.8 Å². The summed E-state index contributed by atoms with van der Waals surface area (Å²) in [6.45, 7) is 2.06. The fourth-order valence-electron chi connectivity index (χ4n) is 4.62. The summed E-state index contributed by atoms with van der Waals surface area (Å²) in [6.07, 6.45) is 4.53. The number of ether oxygens (including phenoxy) is 2. The van der Waals surface area contributed by atoms with Crippen molar-refractivity contribution in [1.82, 2.24) is 20.3 Å². The Morgan fingerprint density at radius 3 is 2.54 bits per heavy atom. The molecule has 1 aliphatic carbocycles. The zero-order chi connectivity index (χ0) is 25.9. The zero-order valence-corrected chi connectivity index (χ0v) is 21.2. The molecule has 2 aromatic carbocycles. The highest BCUT2D eigenvalue weighted by Gasteiger charge is 2.24. The van der Waals surface area contributed by atoms with E-state index in [1.165, 1.54) is 5.56 Å². The number of amides is 1. The number of H-pyrrole nitrogens is 1. The third kappa shape index (κ3) is 5.22. The molecule has 0 aliphatic heterocycles. The summed E-state index contributed by atoms with van der Waals surface area (Å²) in [5.41, 5.74) is 4.92. The Hall–Kier alpha value is -4.11. The number of carbonyl (C=O) groups is 1. The average molecular weight is 502 g/mol. The predicted octanol–water partition coefficient (Wildman–Crippen LogP) is 4.73. The van der Waals surface area contributed by atoms with Crippen LogP contribution in [0.1, 0.15) is 41.6 Å². The molecule has 1 saturated carbocycles. The number of aliphatic hydroxyl groups is 1. The third-order valence-corrected chi connectivity index (χ3v) is 6.72. The number of hydrogen-bond acceptors (Lipinski definition) is 7. The molecule has 9 nitrogen and oxygen atoms in total. The van der Waals surface area contributed by atoms with Crippen LogP contribution in [0.2, 0.25) is 0 Å². The lowest BCUT2D eigenvalue weighted by Gasteiger charge is -2.26. The van der Waals surface area contributed by atoms with Crippen LogP contribution >= 0.6 is 0 Å². The molecule has 0 spiro atoms. The zero-order valence-electron chi connectivity index (χ0n) is 21.2. The van der Waals surface area contributed by atoms with Crippen LogP contribution in [0.25, 0.3) is 22.2 Å². The number of aliphatic hydroxyl groups excluding tert-OH is 1. The summed E-state index contributed by atoms with van der Waals surface area (Å²) in [5, 5.41) is 16.6. The number of carbonyl (C=O) groups excluding carboxylic acids is 1. The smallest absolute Gasteiger partial charge is 0.251 e. The van der Waals surface area contributed by atoms with Gasteiger partial charge in [-0.1, -0.05) is 29.8 Å². The number of aromatic amines is 1. The molecule has 0 radical (unpaired) electrons. The fourth-order valence-corrected chi connectivity index (χ4v) is 4.62. The van der Waals surface area contributed by atoms with Crippen LogP contribution < -0.4 is 20.1 Å². The number of nitrogens with one attached hydrogen (secondary N) is 3. The number of anilines is 2. The van der Waals surface area contributed by atoms with Crippen LogP contribution in [0.3, 0.4) is 0 Å². The van der Waals surface area contributed by atoms with Crippen molar-refractivity contribution in [2.75, 3.05) is 19.5 Å².